The standard InChI is InChI=1S/C4H13O7P3/c1-2-3-4-9-14(10-12(5)6)11-13(7)8/h5-8H,2-4H2,1H3. The monoisotopic (exact) mass is 266 g/mol. The lowest BCUT2D eigenvalue weighted by Crippen LogP contribution is -1.92. The molecule has 0 atom stereocenters. The van der Waals surface area contributed by atoms with Crippen LogP contribution in [0.15, 0.2) is 0 Å². The van der Waals surface area contributed by atoms with Crippen LogP contribution >= 0.6 is 25.8 Å². The molecule has 0 aliphatic heterocycles. The van der Waals surface area contributed by atoms with E-state index in [-0.39, 0.29) is 0 Å². The van der Waals surface area contributed by atoms with Gasteiger partial charge in [0.15, 0.2) is 0 Å². The van der Waals surface area contributed by atoms with E-state index >= 15 is 0 Å². The first-order valence-electron chi connectivity index (χ1n) is 3.71. The highest BCUT2D eigenvalue weighted by Crippen LogP contribution is 2.56. The normalized spacial score (nSPS) is 12.0. The Kier molecular flexibility index (Phi) is 9.92. The maximum absolute atomic E-state index is 8.49. The van der Waals surface area contributed by atoms with Crippen LogP contribution in [0.2, 0.25) is 0 Å². The van der Waals surface area contributed by atoms with Crippen molar-refractivity contribution in [2.45, 2.75) is 19.8 Å². The lowest BCUT2D eigenvalue weighted by Gasteiger charge is -2.15. The maximum atomic E-state index is 8.49. The van der Waals surface area contributed by atoms with Crippen LogP contribution in [-0.2, 0) is 13.1 Å². The van der Waals surface area contributed by atoms with Crippen LogP contribution in [0.4, 0.5) is 0 Å². The molecule has 0 fully saturated rings. The van der Waals surface area contributed by atoms with Gasteiger partial charge < -0.3 is 24.1 Å². The van der Waals surface area contributed by atoms with Gasteiger partial charge in [0, 0.05) is 0 Å². The molecule has 0 heterocycles. The Morgan fingerprint density at radius 3 is 1.86 bits per heavy atom. The predicted octanol–water partition coefficient (Wildman–Crippen LogP) is 1.49. The molecule has 0 unspecified atom stereocenters. The van der Waals surface area contributed by atoms with Gasteiger partial charge in [-0.3, -0.25) is 0 Å². The average molecular weight is 266 g/mol. The zero-order chi connectivity index (χ0) is 11.0. The molecule has 0 aliphatic carbocycles. The van der Waals surface area contributed by atoms with Crippen molar-refractivity contribution < 1.29 is 32.7 Å². The summed E-state index contributed by atoms with van der Waals surface area (Å²) < 4.78 is 13.7. The molecule has 4 N–H and O–H groups in total. The fourth-order valence-corrected chi connectivity index (χ4v) is 2.46. The molecule has 0 bridgehead atoms. The lowest BCUT2D eigenvalue weighted by molar-refractivity contribution is 0.239. The van der Waals surface area contributed by atoms with Gasteiger partial charge in [-0.15, -0.1) is 0 Å². The predicted molar refractivity (Wildman–Crippen MR) is 52.7 cm³/mol. The Morgan fingerprint density at radius 2 is 1.50 bits per heavy atom. The minimum atomic E-state index is -2.62. The molecule has 0 aliphatic rings. The Bertz CT molecular complexity index is 124. The molecule has 0 spiro atoms. The molecule has 0 radical (unpaired) electrons. The Labute approximate surface area is 85.6 Å². The Morgan fingerprint density at radius 1 is 1.00 bits per heavy atom. The summed E-state index contributed by atoms with van der Waals surface area (Å²) in [5.74, 6) is 0. The maximum Gasteiger partial charge on any atom is 0.347 e. The summed E-state index contributed by atoms with van der Waals surface area (Å²) in [6.07, 6.45) is 1.64. The van der Waals surface area contributed by atoms with Crippen molar-refractivity contribution in [3.8, 4) is 0 Å². The highest BCUT2D eigenvalue weighted by atomic mass is 31.3. The molecular weight excluding hydrogens is 253 g/mol. The van der Waals surface area contributed by atoms with Crippen molar-refractivity contribution in [3.05, 3.63) is 0 Å². The summed E-state index contributed by atoms with van der Waals surface area (Å²) in [6.45, 7) is 2.25. The van der Waals surface area contributed by atoms with Gasteiger partial charge in [-0.25, -0.2) is 8.62 Å². The second-order valence-corrected chi connectivity index (χ2v) is 5.10. The zero-order valence-corrected chi connectivity index (χ0v) is 10.2. The molecule has 0 amide bonds. The van der Waals surface area contributed by atoms with E-state index in [0.29, 0.717) is 6.61 Å². The van der Waals surface area contributed by atoms with Crippen molar-refractivity contribution in [3.63, 3.8) is 0 Å². The van der Waals surface area contributed by atoms with E-state index in [1.807, 2.05) is 6.92 Å². The molecule has 0 saturated heterocycles. The zero-order valence-electron chi connectivity index (χ0n) is 7.48. The largest absolute Gasteiger partial charge is 0.347 e. The molecule has 7 nitrogen and oxygen atoms in total. The van der Waals surface area contributed by atoms with Crippen molar-refractivity contribution in [2.75, 3.05) is 6.61 Å². The number of unbranched alkanes of at least 4 members (excludes halogenated alkanes) is 1. The molecule has 0 aromatic carbocycles. The first-order chi connectivity index (χ1) is 6.56. The minimum Gasteiger partial charge on any atom is -0.328 e. The van der Waals surface area contributed by atoms with Crippen molar-refractivity contribution in [2.24, 2.45) is 0 Å². The molecule has 0 saturated carbocycles. The van der Waals surface area contributed by atoms with Gasteiger partial charge in [0.2, 0.25) is 0 Å². The van der Waals surface area contributed by atoms with Crippen molar-refractivity contribution >= 4 is 25.8 Å². The summed E-state index contributed by atoms with van der Waals surface area (Å²) in [5, 5.41) is 0. The van der Waals surface area contributed by atoms with E-state index in [1.54, 1.807) is 0 Å². The quantitative estimate of drug-likeness (QED) is 0.389. The SMILES string of the molecule is CCCCOP(OP(O)O)OP(O)O. The highest BCUT2D eigenvalue weighted by Gasteiger charge is 2.21. The fraction of sp³-hybridized carbons (Fsp3) is 1.00. The second-order valence-electron chi connectivity index (χ2n) is 2.08. The molecule has 10 heteroatoms. The van der Waals surface area contributed by atoms with Gasteiger partial charge in [0.1, 0.15) is 0 Å². The van der Waals surface area contributed by atoms with Crippen molar-refractivity contribution in [1.82, 2.24) is 0 Å². The van der Waals surface area contributed by atoms with E-state index in [9.17, 15) is 0 Å². The van der Waals surface area contributed by atoms with Crippen LogP contribution < -0.4 is 0 Å². The smallest absolute Gasteiger partial charge is 0.328 e. The van der Waals surface area contributed by atoms with Gasteiger partial charge >= 0.3 is 25.8 Å². The molecule has 0 rings (SSSR count). The summed E-state index contributed by atoms with van der Waals surface area (Å²) >= 11 is 0. The Hall–Kier alpha value is 1.01. The number of hydrogen-bond donors (Lipinski definition) is 4. The van der Waals surface area contributed by atoms with Gasteiger partial charge in [0.05, 0.1) is 6.61 Å². The molecule has 0 aromatic heterocycles. The summed E-state index contributed by atoms with van der Waals surface area (Å²) in [7, 11) is -7.34. The van der Waals surface area contributed by atoms with Gasteiger partial charge in [-0.2, -0.15) is 0 Å². The number of hydrogen-bond acceptors (Lipinski definition) is 7. The highest BCUT2D eigenvalue weighted by molar-refractivity contribution is 7.60. The van der Waals surface area contributed by atoms with Gasteiger partial charge in [0.25, 0.3) is 0 Å². The van der Waals surface area contributed by atoms with E-state index in [0.717, 1.165) is 12.8 Å². The third-order valence-corrected chi connectivity index (χ3v) is 3.60. The van der Waals surface area contributed by atoms with E-state index in [4.69, 9.17) is 24.1 Å². The number of rotatable bonds is 8. The first-order valence-corrected chi connectivity index (χ1v) is 7.13. The fourth-order valence-electron chi connectivity index (χ4n) is 0.465. The lowest BCUT2D eigenvalue weighted by atomic mass is 10.4. The van der Waals surface area contributed by atoms with E-state index in [2.05, 4.69) is 8.62 Å². The summed E-state index contributed by atoms with van der Waals surface area (Å²) in [6, 6.07) is 0. The average Bonchev–Trinajstić information content (AvgIpc) is 2.02. The van der Waals surface area contributed by atoms with Crippen LogP contribution in [0.5, 0.6) is 0 Å². The molecular formula is C4H13O7P3. The third kappa shape index (κ3) is 9.56. The van der Waals surface area contributed by atoms with Gasteiger partial charge in [-0.05, 0) is 6.42 Å². The molecule has 14 heavy (non-hydrogen) atoms. The Balaban J connectivity index is 3.72. The molecule has 0 aromatic rings. The topological polar surface area (TPSA) is 109 Å². The third-order valence-electron chi connectivity index (χ3n) is 0.974. The summed E-state index contributed by atoms with van der Waals surface area (Å²) in [4.78, 5) is 34.0. The van der Waals surface area contributed by atoms with E-state index in [1.165, 1.54) is 0 Å². The first kappa shape index (κ1) is 15.0. The van der Waals surface area contributed by atoms with Gasteiger partial charge in [-0.1, -0.05) is 13.3 Å². The van der Waals surface area contributed by atoms with Crippen LogP contribution in [0.1, 0.15) is 19.8 Å². The van der Waals surface area contributed by atoms with Crippen molar-refractivity contribution in [1.29, 1.82) is 0 Å². The second kappa shape index (κ2) is 9.25. The van der Waals surface area contributed by atoms with Crippen LogP contribution in [0, 0.1) is 0 Å². The van der Waals surface area contributed by atoms with Crippen LogP contribution in [0.3, 0.4) is 0 Å². The van der Waals surface area contributed by atoms with E-state index < -0.39 is 25.8 Å². The van der Waals surface area contributed by atoms with Crippen LogP contribution in [0.25, 0.3) is 0 Å². The minimum absolute atomic E-state index is 0.300. The summed E-state index contributed by atoms with van der Waals surface area (Å²) in [5.41, 5.74) is 0. The molecule has 86 valence electrons. The van der Waals surface area contributed by atoms with Crippen LogP contribution in [-0.4, -0.2) is 26.2 Å².